The number of methoxy groups -OCH3 is 1. The maximum absolute atomic E-state index is 8.27. The standard InChI is InChI=1S/C7H8BO3/c1-10-6-2-4-7(5-3-6)11-8-9/h2-5,9H,1H3. The summed E-state index contributed by atoms with van der Waals surface area (Å²) in [6, 6.07) is 6.90. The first-order chi connectivity index (χ1) is 5.36. The van der Waals surface area contributed by atoms with E-state index in [9.17, 15) is 0 Å². The summed E-state index contributed by atoms with van der Waals surface area (Å²) in [5, 5.41) is 8.27. The Hall–Kier alpha value is -1.16. The smallest absolute Gasteiger partial charge is 0.537 e. The summed E-state index contributed by atoms with van der Waals surface area (Å²) in [5.74, 6) is 1.34. The fourth-order valence-corrected chi connectivity index (χ4v) is 0.715. The Morgan fingerprint density at radius 1 is 1.18 bits per heavy atom. The van der Waals surface area contributed by atoms with Crippen molar-refractivity contribution >= 4 is 7.69 Å². The zero-order chi connectivity index (χ0) is 8.10. The SMILES string of the molecule is COc1ccc(O[B]O)cc1. The summed E-state index contributed by atoms with van der Waals surface area (Å²) >= 11 is 0. The van der Waals surface area contributed by atoms with E-state index in [1.54, 1.807) is 31.4 Å². The molecule has 4 heteroatoms. The molecule has 1 N–H and O–H groups in total. The van der Waals surface area contributed by atoms with Crippen molar-refractivity contribution in [3.8, 4) is 11.5 Å². The second-order valence-electron chi connectivity index (χ2n) is 1.90. The predicted octanol–water partition coefficient (Wildman–Crippen LogP) is 0.600. The fourth-order valence-electron chi connectivity index (χ4n) is 0.715. The molecule has 0 spiro atoms. The molecule has 0 heterocycles. The van der Waals surface area contributed by atoms with Gasteiger partial charge in [0.05, 0.1) is 7.11 Å². The first kappa shape index (κ1) is 7.95. The third kappa shape index (κ3) is 2.16. The van der Waals surface area contributed by atoms with Gasteiger partial charge in [-0.05, 0) is 24.3 Å². The highest BCUT2D eigenvalue weighted by atomic mass is 16.5. The molecule has 0 unspecified atom stereocenters. The maximum Gasteiger partial charge on any atom is 0.569 e. The molecule has 3 nitrogen and oxygen atoms in total. The van der Waals surface area contributed by atoms with Crippen LogP contribution < -0.4 is 9.39 Å². The lowest BCUT2D eigenvalue weighted by atomic mass is 10.3. The Bertz CT molecular complexity index is 209. The van der Waals surface area contributed by atoms with Crippen LogP contribution >= 0.6 is 0 Å². The fraction of sp³-hybridized carbons (Fsp3) is 0.143. The van der Waals surface area contributed by atoms with Crippen molar-refractivity contribution in [3.63, 3.8) is 0 Å². The largest absolute Gasteiger partial charge is 0.569 e. The quantitative estimate of drug-likeness (QED) is 0.642. The zero-order valence-electron chi connectivity index (χ0n) is 6.15. The average Bonchev–Trinajstić information content (AvgIpc) is 2.07. The Balaban J connectivity index is 2.66. The normalized spacial score (nSPS) is 8.91. The molecular formula is C7H8BO3. The summed E-state index contributed by atoms with van der Waals surface area (Å²) in [7, 11) is 2.23. The molecule has 1 aromatic carbocycles. The second-order valence-corrected chi connectivity index (χ2v) is 1.90. The van der Waals surface area contributed by atoms with E-state index in [1.165, 1.54) is 0 Å². The van der Waals surface area contributed by atoms with Gasteiger partial charge in [-0.3, -0.25) is 0 Å². The highest BCUT2D eigenvalue weighted by molar-refractivity contribution is 6.17. The van der Waals surface area contributed by atoms with Crippen molar-refractivity contribution in [3.05, 3.63) is 24.3 Å². The van der Waals surface area contributed by atoms with Crippen LogP contribution in [0.25, 0.3) is 0 Å². The van der Waals surface area contributed by atoms with E-state index in [0.29, 0.717) is 13.4 Å². The Morgan fingerprint density at radius 3 is 2.18 bits per heavy atom. The highest BCUT2D eigenvalue weighted by Gasteiger charge is 1.93. The molecule has 0 saturated carbocycles. The van der Waals surface area contributed by atoms with E-state index in [-0.39, 0.29) is 0 Å². The third-order valence-corrected chi connectivity index (χ3v) is 1.25. The van der Waals surface area contributed by atoms with Crippen molar-refractivity contribution in [2.45, 2.75) is 0 Å². The van der Waals surface area contributed by atoms with Crippen LogP contribution in [0.3, 0.4) is 0 Å². The average molecular weight is 151 g/mol. The minimum Gasteiger partial charge on any atom is -0.537 e. The van der Waals surface area contributed by atoms with E-state index in [0.717, 1.165) is 5.75 Å². The summed E-state index contributed by atoms with van der Waals surface area (Å²) < 4.78 is 9.60. The van der Waals surface area contributed by atoms with Gasteiger partial charge in [0.2, 0.25) is 0 Å². The molecule has 0 fully saturated rings. The first-order valence-electron chi connectivity index (χ1n) is 3.13. The lowest BCUT2D eigenvalue weighted by Gasteiger charge is -2.02. The lowest BCUT2D eigenvalue weighted by molar-refractivity contribution is 0.412. The molecule has 0 aliphatic rings. The van der Waals surface area contributed by atoms with Gasteiger partial charge < -0.3 is 14.4 Å². The second kappa shape index (κ2) is 3.88. The number of ether oxygens (including phenoxy) is 1. The third-order valence-electron chi connectivity index (χ3n) is 1.25. The van der Waals surface area contributed by atoms with Crippen LogP contribution in [0.2, 0.25) is 0 Å². The predicted molar refractivity (Wildman–Crippen MR) is 41.6 cm³/mol. The van der Waals surface area contributed by atoms with Gasteiger partial charge in [0.25, 0.3) is 0 Å². The summed E-state index contributed by atoms with van der Waals surface area (Å²) in [4.78, 5) is 0. The molecule has 0 amide bonds. The van der Waals surface area contributed by atoms with Gasteiger partial charge in [-0.25, -0.2) is 0 Å². The molecule has 0 aliphatic heterocycles. The molecule has 1 aromatic rings. The zero-order valence-corrected chi connectivity index (χ0v) is 6.15. The van der Waals surface area contributed by atoms with Gasteiger partial charge in [-0.15, -0.1) is 0 Å². The van der Waals surface area contributed by atoms with E-state index in [4.69, 9.17) is 9.76 Å². The summed E-state index contributed by atoms with van der Waals surface area (Å²) in [5.41, 5.74) is 0. The molecule has 0 saturated heterocycles. The molecule has 11 heavy (non-hydrogen) atoms. The number of hydrogen-bond acceptors (Lipinski definition) is 3. The monoisotopic (exact) mass is 151 g/mol. The number of rotatable bonds is 3. The lowest BCUT2D eigenvalue weighted by Crippen LogP contribution is -1.99. The van der Waals surface area contributed by atoms with Crippen LogP contribution in [0.4, 0.5) is 0 Å². The number of benzene rings is 1. The topological polar surface area (TPSA) is 38.7 Å². The van der Waals surface area contributed by atoms with Crippen LogP contribution in [0.15, 0.2) is 24.3 Å². The molecule has 57 valence electrons. The molecule has 0 aromatic heterocycles. The summed E-state index contributed by atoms with van der Waals surface area (Å²) in [6.45, 7) is 0. The van der Waals surface area contributed by atoms with Crippen LogP contribution in [0.1, 0.15) is 0 Å². The van der Waals surface area contributed by atoms with Crippen LogP contribution in [0, 0.1) is 0 Å². The van der Waals surface area contributed by atoms with E-state index in [1.807, 2.05) is 0 Å². The highest BCUT2D eigenvalue weighted by Crippen LogP contribution is 2.16. The first-order valence-corrected chi connectivity index (χ1v) is 3.13. The molecule has 0 atom stereocenters. The summed E-state index contributed by atoms with van der Waals surface area (Å²) in [6.07, 6.45) is 0. The van der Waals surface area contributed by atoms with Crippen LogP contribution in [-0.2, 0) is 0 Å². The molecule has 1 rings (SSSR count). The van der Waals surface area contributed by atoms with Gasteiger partial charge in [0, 0.05) is 0 Å². The number of hydrogen-bond donors (Lipinski definition) is 1. The molecule has 0 aliphatic carbocycles. The van der Waals surface area contributed by atoms with Crippen molar-refractivity contribution in [1.82, 2.24) is 0 Å². The van der Waals surface area contributed by atoms with Crippen molar-refractivity contribution in [1.29, 1.82) is 0 Å². The van der Waals surface area contributed by atoms with E-state index >= 15 is 0 Å². The molecule has 1 radical (unpaired) electrons. The van der Waals surface area contributed by atoms with Crippen molar-refractivity contribution in [2.75, 3.05) is 7.11 Å². The van der Waals surface area contributed by atoms with Gasteiger partial charge in [0.15, 0.2) is 0 Å². The molecular weight excluding hydrogens is 143 g/mol. The Morgan fingerprint density at radius 2 is 1.73 bits per heavy atom. The molecule has 0 bridgehead atoms. The Labute approximate surface area is 65.9 Å². The van der Waals surface area contributed by atoms with Crippen LogP contribution in [0.5, 0.6) is 11.5 Å². The van der Waals surface area contributed by atoms with E-state index in [2.05, 4.69) is 4.65 Å². The van der Waals surface area contributed by atoms with Gasteiger partial charge in [0.1, 0.15) is 11.5 Å². The van der Waals surface area contributed by atoms with Crippen LogP contribution in [-0.4, -0.2) is 19.8 Å². The van der Waals surface area contributed by atoms with E-state index < -0.39 is 0 Å². The van der Waals surface area contributed by atoms with Gasteiger partial charge in [-0.2, -0.15) is 0 Å². The Kier molecular flexibility index (Phi) is 2.80. The van der Waals surface area contributed by atoms with Crippen molar-refractivity contribution < 1.29 is 14.4 Å². The minimum atomic E-state index is 0.577. The minimum absolute atomic E-state index is 0.577. The van der Waals surface area contributed by atoms with Gasteiger partial charge in [-0.1, -0.05) is 0 Å². The van der Waals surface area contributed by atoms with Gasteiger partial charge >= 0.3 is 7.69 Å². The van der Waals surface area contributed by atoms with Crippen molar-refractivity contribution in [2.24, 2.45) is 0 Å². The maximum atomic E-state index is 8.27.